The van der Waals surface area contributed by atoms with E-state index in [0.29, 0.717) is 52.2 Å². The summed E-state index contributed by atoms with van der Waals surface area (Å²) < 4.78 is 27.5. The molecule has 0 fully saturated rings. The zero-order valence-corrected chi connectivity index (χ0v) is 31.4. The minimum Gasteiger partial charge on any atom is -0.457 e. The largest absolute Gasteiger partial charge is 0.457 e. The maximum Gasteiger partial charge on any atom is 0.234 e. The van der Waals surface area contributed by atoms with Gasteiger partial charge in [-0.3, -0.25) is 4.57 Å². The van der Waals surface area contributed by atoms with E-state index in [9.17, 15) is 0 Å². The van der Waals surface area contributed by atoms with Gasteiger partial charge in [-0.2, -0.15) is 0 Å². The fourth-order valence-electron chi connectivity index (χ4n) is 7.04. The van der Waals surface area contributed by atoms with Gasteiger partial charge in [0, 0.05) is 71.0 Å². The standard InChI is InChI=1S/C50H33N5O4/c1-3-12-34(13-4-1)42-20-9-26-51-48(42)58-38-18-7-16-36(30-38)56-40-22-24-44-45-25-23-41(33-47(45)55(46(44)32-40)50-53-28-11-29-54-50)57-37-17-8-19-39(31-37)59-49-43(21-10-27-52-49)35-14-5-2-6-15-35/h1-33H. The molecule has 0 spiro atoms. The number of fused-ring (bicyclic) bond motifs is 3. The first-order chi connectivity index (χ1) is 29.2. The minimum atomic E-state index is 0.510. The van der Waals surface area contributed by atoms with Gasteiger partial charge < -0.3 is 18.9 Å². The van der Waals surface area contributed by atoms with E-state index in [1.807, 2.05) is 162 Å². The lowest BCUT2D eigenvalue weighted by Gasteiger charge is -2.12. The van der Waals surface area contributed by atoms with Gasteiger partial charge in [-0.25, -0.2) is 19.9 Å². The van der Waals surface area contributed by atoms with Crippen molar-refractivity contribution in [2.45, 2.75) is 0 Å². The van der Waals surface area contributed by atoms with Crippen LogP contribution in [0.5, 0.6) is 46.3 Å². The SMILES string of the molecule is c1ccc(-c2cccnc2Oc2cccc(Oc3ccc4c5ccc(Oc6cccc(Oc7ncccc7-c7ccccc7)c6)cc5n(-c5ncccn5)c4c3)c2)cc1. The molecule has 0 saturated carbocycles. The Bertz CT molecular complexity index is 2880. The number of hydrogen-bond acceptors (Lipinski definition) is 8. The van der Waals surface area contributed by atoms with Crippen molar-refractivity contribution in [2.24, 2.45) is 0 Å². The van der Waals surface area contributed by atoms with E-state index in [-0.39, 0.29) is 0 Å². The summed E-state index contributed by atoms with van der Waals surface area (Å²) >= 11 is 0. The highest BCUT2D eigenvalue weighted by Gasteiger charge is 2.17. The van der Waals surface area contributed by atoms with E-state index in [1.54, 1.807) is 30.9 Å². The Balaban J connectivity index is 0.945. The second kappa shape index (κ2) is 15.7. The third-order valence-corrected chi connectivity index (χ3v) is 9.69. The summed E-state index contributed by atoms with van der Waals surface area (Å²) in [6.45, 7) is 0. The summed E-state index contributed by atoms with van der Waals surface area (Å²) in [5.74, 6) is 5.23. The van der Waals surface area contributed by atoms with Crippen LogP contribution >= 0.6 is 0 Å². The lowest BCUT2D eigenvalue weighted by atomic mass is 10.1. The highest BCUT2D eigenvalue weighted by Crippen LogP contribution is 2.39. The molecular weight excluding hydrogens is 735 g/mol. The molecule has 0 radical (unpaired) electrons. The zero-order chi connectivity index (χ0) is 39.4. The van der Waals surface area contributed by atoms with Crippen LogP contribution in [0.3, 0.4) is 0 Å². The molecule has 0 unspecified atom stereocenters. The Hall–Kier alpha value is -8.30. The van der Waals surface area contributed by atoms with Crippen LogP contribution in [0.1, 0.15) is 0 Å². The molecule has 9 heteroatoms. The smallest absolute Gasteiger partial charge is 0.234 e. The molecule has 282 valence electrons. The van der Waals surface area contributed by atoms with E-state index in [0.717, 1.165) is 44.1 Å². The first kappa shape index (κ1) is 35.1. The summed E-state index contributed by atoms with van der Waals surface area (Å²) in [6, 6.07) is 56.8. The third kappa shape index (κ3) is 7.39. The first-order valence-corrected chi connectivity index (χ1v) is 19.0. The Morgan fingerprint density at radius 3 is 1.22 bits per heavy atom. The molecule has 59 heavy (non-hydrogen) atoms. The molecule has 0 aliphatic carbocycles. The van der Waals surface area contributed by atoms with E-state index in [4.69, 9.17) is 18.9 Å². The molecule has 0 aliphatic rings. The van der Waals surface area contributed by atoms with Gasteiger partial charge in [0.05, 0.1) is 11.0 Å². The Labute approximate surface area is 339 Å². The fraction of sp³-hybridized carbons (Fsp3) is 0. The van der Waals surface area contributed by atoms with Gasteiger partial charge in [0.15, 0.2) is 0 Å². The van der Waals surface area contributed by atoms with Crippen LogP contribution in [0.15, 0.2) is 201 Å². The predicted molar refractivity (Wildman–Crippen MR) is 229 cm³/mol. The predicted octanol–water partition coefficient (Wildman–Crippen LogP) is 12.9. The summed E-state index contributed by atoms with van der Waals surface area (Å²) in [5, 5.41) is 2.01. The number of ether oxygens (including phenoxy) is 4. The second-order valence-electron chi connectivity index (χ2n) is 13.5. The maximum absolute atomic E-state index is 6.46. The van der Waals surface area contributed by atoms with Crippen LogP contribution in [-0.2, 0) is 0 Å². The Morgan fingerprint density at radius 2 is 0.746 bits per heavy atom. The highest BCUT2D eigenvalue weighted by molar-refractivity contribution is 6.09. The molecule has 0 aliphatic heterocycles. The van der Waals surface area contributed by atoms with Gasteiger partial charge in [-0.15, -0.1) is 0 Å². The van der Waals surface area contributed by atoms with Gasteiger partial charge in [-0.1, -0.05) is 72.8 Å². The number of aromatic nitrogens is 5. The average molecular weight is 768 g/mol. The van der Waals surface area contributed by atoms with Crippen LogP contribution in [-0.4, -0.2) is 24.5 Å². The number of rotatable bonds is 11. The van der Waals surface area contributed by atoms with Crippen molar-refractivity contribution in [1.29, 1.82) is 0 Å². The maximum atomic E-state index is 6.46. The molecule has 10 aromatic rings. The Kier molecular flexibility index (Phi) is 9.34. The third-order valence-electron chi connectivity index (χ3n) is 9.69. The summed E-state index contributed by atoms with van der Waals surface area (Å²) in [4.78, 5) is 18.3. The summed E-state index contributed by atoms with van der Waals surface area (Å²) in [7, 11) is 0. The molecule has 9 nitrogen and oxygen atoms in total. The van der Waals surface area contributed by atoms with E-state index < -0.39 is 0 Å². The lowest BCUT2D eigenvalue weighted by Crippen LogP contribution is -2.00. The molecule has 0 saturated heterocycles. The minimum absolute atomic E-state index is 0.510. The van der Waals surface area contributed by atoms with Gasteiger partial charge >= 0.3 is 0 Å². The van der Waals surface area contributed by atoms with Crippen molar-refractivity contribution in [3.63, 3.8) is 0 Å². The molecule has 0 N–H and O–H groups in total. The van der Waals surface area contributed by atoms with Gasteiger partial charge in [0.25, 0.3) is 0 Å². The summed E-state index contributed by atoms with van der Waals surface area (Å²) in [6.07, 6.45) is 6.90. The number of pyridine rings is 2. The van der Waals surface area contributed by atoms with Crippen molar-refractivity contribution < 1.29 is 18.9 Å². The van der Waals surface area contributed by atoms with Crippen molar-refractivity contribution in [3.8, 4) is 74.5 Å². The van der Waals surface area contributed by atoms with E-state index >= 15 is 0 Å². The Morgan fingerprint density at radius 1 is 0.322 bits per heavy atom. The first-order valence-electron chi connectivity index (χ1n) is 19.0. The number of hydrogen-bond donors (Lipinski definition) is 0. The zero-order valence-electron chi connectivity index (χ0n) is 31.4. The van der Waals surface area contributed by atoms with Crippen molar-refractivity contribution in [1.82, 2.24) is 24.5 Å². The molecule has 4 heterocycles. The van der Waals surface area contributed by atoms with Crippen LogP contribution in [0.4, 0.5) is 0 Å². The number of benzene rings is 6. The van der Waals surface area contributed by atoms with E-state index in [1.165, 1.54) is 0 Å². The van der Waals surface area contributed by atoms with E-state index in [2.05, 4.69) is 32.1 Å². The monoisotopic (exact) mass is 767 g/mol. The normalized spacial score (nSPS) is 11.1. The molecular formula is C50H33N5O4. The second-order valence-corrected chi connectivity index (χ2v) is 13.5. The van der Waals surface area contributed by atoms with Gasteiger partial charge in [0.2, 0.25) is 17.7 Å². The van der Waals surface area contributed by atoms with Crippen LogP contribution in [0.25, 0.3) is 50.0 Å². The molecule has 6 aromatic carbocycles. The van der Waals surface area contributed by atoms with Crippen molar-refractivity contribution in [2.75, 3.05) is 0 Å². The van der Waals surface area contributed by atoms with Gasteiger partial charge in [-0.05, 0) is 90.0 Å². The lowest BCUT2D eigenvalue weighted by molar-refractivity contribution is 0.450. The van der Waals surface area contributed by atoms with Crippen LogP contribution in [0.2, 0.25) is 0 Å². The van der Waals surface area contributed by atoms with Gasteiger partial charge in [0.1, 0.15) is 34.5 Å². The highest BCUT2D eigenvalue weighted by atomic mass is 16.5. The van der Waals surface area contributed by atoms with Crippen LogP contribution in [0, 0.1) is 0 Å². The average Bonchev–Trinajstić information content (AvgIpc) is 3.60. The molecule has 0 amide bonds. The fourth-order valence-corrected chi connectivity index (χ4v) is 7.04. The summed E-state index contributed by atoms with van der Waals surface area (Å²) in [5.41, 5.74) is 5.57. The van der Waals surface area contributed by atoms with Crippen molar-refractivity contribution >= 4 is 21.8 Å². The molecule has 0 atom stereocenters. The molecule has 10 rings (SSSR count). The number of nitrogens with zero attached hydrogens (tertiary/aromatic N) is 5. The topological polar surface area (TPSA) is 93.4 Å². The quantitative estimate of drug-likeness (QED) is 0.128. The van der Waals surface area contributed by atoms with Crippen LogP contribution < -0.4 is 18.9 Å². The molecule has 4 aromatic heterocycles. The molecule has 0 bridgehead atoms. The van der Waals surface area contributed by atoms with Crippen molar-refractivity contribution in [3.05, 3.63) is 201 Å².